The van der Waals surface area contributed by atoms with Gasteiger partial charge in [-0.1, -0.05) is 30.3 Å². The van der Waals surface area contributed by atoms with E-state index in [4.69, 9.17) is 5.73 Å². The predicted octanol–water partition coefficient (Wildman–Crippen LogP) is 3.21. The number of anilines is 1. The van der Waals surface area contributed by atoms with E-state index >= 15 is 0 Å². The minimum atomic E-state index is -2.89. The van der Waals surface area contributed by atoms with Gasteiger partial charge in [-0.2, -0.15) is 8.78 Å². The van der Waals surface area contributed by atoms with Crippen LogP contribution < -0.4 is 15.4 Å². The van der Waals surface area contributed by atoms with Gasteiger partial charge in [0.25, 0.3) is 5.91 Å². The number of ether oxygens (including phenoxy) is 1. The molecule has 2 N–H and O–H groups in total. The maximum Gasteiger partial charge on any atom is 0.387 e. The molecule has 2 rings (SSSR count). The molecule has 0 saturated carbocycles. The molecular formula is C19H18F2N2O3. The third-order valence-electron chi connectivity index (χ3n) is 3.44. The molecule has 0 aromatic heterocycles. The summed E-state index contributed by atoms with van der Waals surface area (Å²) in [6.45, 7) is -2.73. The zero-order valence-corrected chi connectivity index (χ0v) is 13.8. The summed E-state index contributed by atoms with van der Waals surface area (Å²) in [7, 11) is 0. The van der Waals surface area contributed by atoms with E-state index in [0.29, 0.717) is 11.3 Å². The Morgan fingerprint density at radius 3 is 2.31 bits per heavy atom. The maximum atomic E-state index is 12.5. The Kier molecular flexibility index (Phi) is 6.84. The SMILES string of the molecule is NC(=O)CCN(C(=O)C=Cc1ccc(OC(F)F)cc1)c1ccccc1. The topological polar surface area (TPSA) is 72.6 Å². The first kappa shape index (κ1) is 19.1. The summed E-state index contributed by atoms with van der Waals surface area (Å²) in [6, 6.07) is 14.8. The van der Waals surface area contributed by atoms with Crippen LogP contribution >= 0.6 is 0 Å². The smallest absolute Gasteiger partial charge is 0.387 e. The third-order valence-corrected chi connectivity index (χ3v) is 3.44. The fourth-order valence-corrected chi connectivity index (χ4v) is 2.21. The number of nitrogens with zero attached hydrogens (tertiary/aromatic N) is 1. The molecule has 136 valence electrons. The average molecular weight is 360 g/mol. The Morgan fingerprint density at radius 1 is 1.08 bits per heavy atom. The maximum absolute atomic E-state index is 12.5. The number of rotatable bonds is 8. The molecule has 0 aliphatic heterocycles. The molecule has 26 heavy (non-hydrogen) atoms. The van der Waals surface area contributed by atoms with Gasteiger partial charge in [-0.3, -0.25) is 9.59 Å². The van der Waals surface area contributed by atoms with E-state index in [1.165, 1.54) is 23.1 Å². The molecule has 0 aliphatic rings. The van der Waals surface area contributed by atoms with Crippen molar-refractivity contribution in [2.75, 3.05) is 11.4 Å². The van der Waals surface area contributed by atoms with Crippen LogP contribution in [0, 0.1) is 0 Å². The number of nitrogens with two attached hydrogens (primary N) is 1. The van der Waals surface area contributed by atoms with Crippen LogP contribution in [0.4, 0.5) is 14.5 Å². The lowest BCUT2D eigenvalue weighted by molar-refractivity contribution is -0.118. The van der Waals surface area contributed by atoms with E-state index in [1.54, 1.807) is 42.5 Å². The quantitative estimate of drug-likeness (QED) is 0.735. The molecule has 7 heteroatoms. The highest BCUT2D eigenvalue weighted by Crippen LogP contribution is 2.17. The summed E-state index contributed by atoms with van der Waals surface area (Å²) < 4.78 is 28.5. The Hall–Kier alpha value is -3.22. The lowest BCUT2D eigenvalue weighted by Gasteiger charge is -2.20. The van der Waals surface area contributed by atoms with Crippen molar-refractivity contribution in [2.24, 2.45) is 5.73 Å². The molecule has 0 atom stereocenters. The summed E-state index contributed by atoms with van der Waals surface area (Å²) in [5.41, 5.74) is 6.46. The van der Waals surface area contributed by atoms with Crippen molar-refractivity contribution in [2.45, 2.75) is 13.0 Å². The number of carbonyl (C=O) groups excluding carboxylic acids is 2. The lowest BCUT2D eigenvalue weighted by Crippen LogP contribution is -2.32. The van der Waals surface area contributed by atoms with Crippen LogP contribution in [0.1, 0.15) is 12.0 Å². The van der Waals surface area contributed by atoms with Crippen LogP contribution in [0.3, 0.4) is 0 Å². The second-order valence-corrected chi connectivity index (χ2v) is 5.32. The van der Waals surface area contributed by atoms with Crippen LogP contribution in [0.15, 0.2) is 60.7 Å². The van der Waals surface area contributed by atoms with E-state index in [9.17, 15) is 18.4 Å². The number of hydrogen-bond donors (Lipinski definition) is 1. The van der Waals surface area contributed by atoms with E-state index in [0.717, 1.165) is 0 Å². The van der Waals surface area contributed by atoms with E-state index in [-0.39, 0.29) is 24.6 Å². The Labute approximate surface area is 149 Å². The Bertz CT molecular complexity index is 762. The minimum absolute atomic E-state index is 0.0359. The molecule has 0 unspecified atom stereocenters. The molecule has 5 nitrogen and oxygen atoms in total. The van der Waals surface area contributed by atoms with Crippen LogP contribution in [0.5, 0.6) is 5.75 Å². The van der Waals surface area contributed by atoms with Gasteiger partial charge in [-0.05, 0) is 35.9 Å². The number of para-hydroxylation sites is 1. The zero-order valence-electron chi connectivity index (χ0n) is 13.8. The van der Waals surface area contributed by atoms with Gasteiger partial charge in [0, 0.05) is 24.7 Å². The summed E-state index contributed by atoms with van der Waals surface area (Å²) in [5.74, 6) is -0.793. The second kappa shape index (κ2) is 9.31. The summed E-state index contributed by atoms with van der Waals surface area (Å²) in [5, 5.41) is 0. The highest BCUT2D eigenvalue weighted by Gasteiger charge is 2.13. The average Bonchev–Trinajstić information content (AvgIpc) is 2.61. The van der Waals surface area contributed by atoms with Crippen molar-refractivity contribution in [3.05, 3.63) is 66.2 Å². The van der Waals surface area contributed by atoms with Crippen LogP contribution in [-0.2, 0) is 9.59 Å². The summed E-state index contributed by atoms with van der Waals surface area (Å²) in [4.78, 5) is 25.0. The highest BCUT2D eigenvalue weighted by atomic mass is 19.3. The summed E-state index contributed by atoms with van der Waals surface area (Å²) in [6.07, 6.45) is 2.93. The third kappa shape index (κ3) is 6.01. The van der Waals surface area contributed by atoms with Crippen LogP contribution in [0.2, 0.25) is 0 Å². The Morgan fingerprint density at radius 2 is 1.73 bits per heavy atom. The van der Waals surface area contributed by atoms with Gasteiger partial charge >= 0.3 is 6.61 Å². The molecule has 0 radical (unpaired) electrons. The highest BCUT2D eigenvalue weighted by molar-refractivity contribution is 6.04. The van der Waals surface area contributed by atoms with Gasteiger partial charge in [0.05, 0.1) is 0 Å². The molecule has 2 aromatic carbocycles. The van der Waals surface area contributed by atoms with E-state index < -0.39 is 12.5 Å². The fraction of sp³-hybridized carbons (Fsp3) is 0.158. The molecule has 0 heterocycles. The zero-order chi connectivity index (χ0) is 18.9. The standard InChI is InChI=1S/C19H18F2N2O3/c20-19(21)26-16-9-6-14(7-10-16)8-11-18(25)23(13-12-17(22)24)15-4-2-1-3-5-15/h1-11,19H,12-13H2,(H2,22,24). The van der Waals surface area contributed by atoms with Crippen molar-refractivity contribution < 1.29 is 23.1 Å². The number of hydrogen-bond acceptors (Lipinski definition) is 3. The van der Waals surface area contributed by atoms with Crippen LogP contribution in [0.25, 0.3) is 6.08 Å². The number of carbonyl (C=O) groups is 2. The normalized spacial score (nSPS) is 10.9. The number of primary amides is 1. The molecule has 2 amide bonds. The lowest BCUT2D eigenvalue weighted by atomic mass is 10.2. The van der Waals surface area contributed by atoms with E-state index in [2.05, 4.69) is 4.74 Å². The first-order valence-electron chi connectivity index (χ1n) is 7.83. The molecule has 0 bridgehead atoms. The van der Waals surface area contributed by atoms with Gasteiger partial charge in [-0.15, -0.1) is 0 Å². The second-order valence-electron chi connectivity index (χ2n) is 5.32. The number of alkyl halides is 2. The first-order chi connectivity index (χ1) is 12.5. The van der Waals surface area contributed by atoms with Crippen molar-refractivity contribution in [1.29, 1.82) is 0 Å². The van der Waals surface area contributed by atoms with Crippen molar-refractivity contribution >= 4 is 23.6 Å². The van der Waals surface area contributed by atoms with E-state index in [1.807, 2.05) is 6.07 Å². The van der Waals surface area contributed by atoms with Crippen molar-refractivity contribution in [3.63, 3.8) is 0 Å². The van der Waals surface area contributed by atoms with Gasteiger partial charge in [-0.25, -0.2) is 0 Å². The molecule has 0 fully saturated rings. The van der Waals surface area contributed by atoms with Gasteiger partial charge < -0.3 is 15.4 Å². The fourth-order valence-electron chi connectivity index (χ4n) is 2.21. The first-order valence-corrected chi connectivity index (χ1v) is 7.83. The van der Waals surface area contributed by atoms with Gasteiger partial charge in [0.15, 0.2) is 0 Å². The number of benzene rings is 2. The number of amides is 2. The van der Waals surface area contributed by atoms with Crippen LogP contribution in [-0.4, -0.2) is 25.0 Å². The number of halogens is 2. The Balaban J connectivity index is 2.10. The van der Waals surface area contributed by atoms with Crippen molar-refractivity contribution in [1.82, 2.24) is 0 Å². The summed E-state index contributed by atoms with van der Waals surface area (Å²) >= 11 is 0. The molecule has 0 spiro atoms. The molecule has 0 aliphatic carbocycles. The monoisotopic (exact) mass is 360 g/mol. The van der Waals surface area contributed by atoms with Crippen molar-refractivity contribution in [3.8, 4) is 5.75 Å². The predicted molar refractivity (Wildman–Crippen MR) is 94.7 cm³/mol. The minimum Gasteiger partial charge on any atom is -0.435 e. The molecule has 2 aromatic rings. The largest absolute Gasteiger partial charge is 0.435 e. The van der Waals surface area contributed by atoms with Gasteiger partial charge in [0.2, 0.25) is 5.91 Å². The molecule has 0 saturated heterocycles. The molecular weight excluding hydrogens is 342 g/mol. The van der Waals surface area contributed by atoms with Gasteiger partial charge in [0.1, 0.15) is 5.75 Å².